The lowest BCUT2D eigenvalue weighted by Crippen LogP contribution is -2.07. The van der Waals surface area contributed by atoms with Gasteiger partial charge in [0.2, 0.25) is 0 Å². The van der Waals surface area contributed by atoms with Crippen molar-refractivity contribution in [1.29, 1.82) is 5.26 Å². The number of rotatable bonds is 4. The predicted molar refractivity (Wildman–Crippen MR) is 79.2 cm³/mol. The van der Waals surface area contributed by atoms with Crippen molar-refractivity contribution in [3.05, 3.63) is 55.2 Å². The molecule has 7 heteroatoms. The molecule has 1 atom stereocenters. The van der Waals surface area contributed by atoms with Gasteiger partial charge in [-0.3, -0.25) is 10.1 Å². The lowest BCUT2D eigenvalue weighted by Gasteiger charge is -2.14. The van der Waals surface area contributed by atoms with Gasteiger partial charge in [0.1, 0.15) is 5.69 Å². The molecule has 1 N–H and O–H groups in total. The minimum Gasteiger partial charge on any atom is -0.373 e. The second-order valence-corrected chi connectivity index (χ2v) is 5.69. The van der Waals surface area contributed by atoms with E-state index in [0.717, 1.165) is 5.56 Å². The summed E-state index contributed by atoms with van der Waals surface area (Å²) in [6.07, 6.45) is 0. The Morgan fingerprint density at radius 1 is 1.50 bits per heavy atom. The molecule has 5 nitrogen and oxygen atoms in total. The molecule has 20 heavy (non-hydrogen) atoms. The smallest absolute Gasteiger partial charge is 0.293 e. The minimum atomic E-state index is -0.503. The van der Waals surface area contributed by atoms with E-state index >= 15 is 0 Å². The number of anilines is 1. The van der Waals surface area contributed by atoms with Gasteiger partial charge in [0.05, 0.1) is 20.9 Å². The average molecular weight is 308 g/mol. The largest absolute Gasteiger partial charge is 0.373 e. The molecule has 2 rings (SSSR count). The van der Waals surface area contributed by atoms with Crippen molar-refractivity contribution in [3.8, 4) is 6.07 Å². The Morgan fingerprint density at radius 3 is 2.80 bits per heavy atom. The van der Waals surface area contributed by atoms with Crippen molar-refractivity contribution in [2.75, 3.05) is 5.32 Å². The highest BCUT2D eigenvalue weighted by Crippen LogP contribution is 2.31. The summed E-state index contributed by atoms with van der Waals surface area (Å²) < 4.78 is 0.669. The molecule has 0 aliphatic rings. The van der Waals surface area contributed by atoms with Crippen LogP contribution in [0.15, 0.2) is 29.6 Å². The van der Waals surface area contributed by atoms with Crippen LogP contribution in [0.1, 0.15) is 24.1 Å². The zero-order valence-corrected chi connectivity index (χ0v) is 12.0. The van der Waals surface area contributed by atoms with E-state index in [1.165, 1.54) is 17.4 Å². The third-order valence-corrected chi connectivity index (χ3v) is 3.89. The fourth-order valence-corrected chi connectivity index (χ4v) is 2.73. The Bertz CT molecular complexity index is 693. The highest BCUT2D eigenvalue weighted by molar-refractivity contribution is 7.14. The topological polar surface area (TPSA) is 79.0 Å². The van der Waals surface area contributed by atoms with Crippen molar-refractivity contribution in [3.63, 3.8) is 0 Å². The Balaban J connectivity index is 2.29. The second kappa shape index (κ2) is 5.90. The van der Waals surface area contributed by atoms with Gasteiger partial charge in [-0.1, -0.05) is 11.6 Å². The van der Waals surface area contributed by atoms with Gasteiger partial charge in [0.15, 0.2) is 0 Å². The van der Waals surface area contributed by atoms with Gasteiger partial charge >= 0.3 is 0 Å². The van der Waals surface area contributed by atoms with Crippen LogP contribution in [-0.2, 0) is 0 Å². The summed E-state index contributed by atoms with van der Waals surface area (Å²) in [7, 11) is 0. The first-order valence-corrected chi connectivity index (χ1v) is 6.96. The summed E-state index contributed by atoms with van der Waals surface area (Å²) in [5.41, 5.74) is 1.48. The Morgan fingerprint density at radius 2 is 2.25 bits per heavy atom. The number of nitrogens with one attached hydrogen (secondary N) is 1. The molecule has 1 heterocycles. The van der Waals surface area contributed by atoms with E-state index in [9.17, 15) is 10.1 Å². The molecule has 0 fully saturated rings. The maximum absolute atomic E-state index is 11.0. The number of hydrogen-bond acceptors (Lipinski definition) is 5. The van der Waals surface area contributed by atoms with Crippen molar-refractivity contribution < 1.29 is 4.92 Å². The summed E-state index contributed by atoms with van der Waals surface area (Å²) >= 11 is 7.28. The van der Waals surface area contributed by atoms with Crippen LogP contribution in [0.5, 0.6) is 0 Å². The Labute approximate surface area is 124 Å². The quantitative estimate of drug-likeness (QED) is 0.672. The SMILES string of the molecule is CC(Nc1ccc(C#N)cc1[N+](=O)[O-])c1csc(Cl)c1. The molecule has 102 valence electrons. The third kappa shape index (κ3) is 3.07. The Hall–Kier alpha value is -2.10. The highest BCUT2D eigenvalue weighted by atomic mass is 35.5. The lowest BCUT2D eigenvalue weighted by molar-refractivity contribution is -0.384. The van der Waals surface area contributed by atoms with Gasteiger partial charge in [0, 0.05) is 12.1 Å². The van der Waals surface area contributed by atoms with Crippen LogP contribution in [-0.4, -0.2) is 4.92 Å². The van der Waals surface area contributed by atoms with E-state index in [2.05, 4.69) is 5.32 Å². The first-order chi connectivity index (χ1) is 9.51. The zero-order valence-electron chi connectivity index (χ0n) is 10.5. The highest BCUT2D eigenvalue weighted by Gasteiger charge is 2.17. The van der Waals surface area contributed by atoms with E-state index in [0.29, 0.717) is 10.0 Å². The van der Waals surface area contributed by atoms with Gasteiger partial charge < -0.3 is 5.32 Å². The number of nitrogens with zero attached hydrogens (tertiary/aromatic N) is 2. The van der Waals surface area contributed by atoms with Crippen LogP contribution in [0.25, 0.3) is 0 Å². The number of nitriles is 1. The molecule has 0 radical (unpaired) electrons. The number of benzene rings is 1. The molecule has 0 amide bonds. The average Bonchev–Trinajstić information content (AvgIpc) is 2.85. The van der Waals surface area contributed by atoms with Gasteiger partial charge in [-0.15, -0.1) is 11.3 Å². The molecule has 0 aliphatic heterocycles. The molecular weight excluding hydrogens is 298 g/mol. The van der Waals surface area contributed by atoms with Crippen molar-refractivity contribution >= 4 is 34.3 Å². The molecule has 1 unspecified atom stereocenters. The van der Waals surface area contributed by atoms with Gasteiger partial charge in [-0.05, 0) is 36.1 Å². The molecular formula is C13H10ClN3O2S. The fraction of sp³-hybridized carbons (Fsp3) is 0.154. The summed E-state index contributed by atoms with van der Waals surface area (Å²) in [6, 6.07) is 7.94. The van der Waals surface area contributed by atoms with Gasteiger partial charge in [-0.2, -0.15) is 5.26 Å². The summed E-state index contributed by atoms with van der Waals surface area (Å²) in [5.74, 6) is 0. The molecule has 0 saturated heterocycles. The lowest BCUT2D eigenvalue weighted by atomic mass is 10.1. The van der Waals surface area contributed by atoms with Crippen LogP contribution < -0.4 is 5.32 Å². The zero-order chi connectivity index (χ0) is 14.7. The number of halogens is 1. The molecule has 1 aromatic carbocycles. The molecule has 0 spiro atoms. The standard InChI is InChI=1S/C13H10ClN3O2S/c1-8(10-5-13(14)20-7-10)16-11-3-2-9(6-15)4-12(11)17(18)19/h2-5,7-8,16H,1H3. The first kappa shape index (κ1) is 14.3. The van der Waals surface area contributed by atoms with E-state index in [1.54, 1.807) is 12.1 Å². The molecule has 0 bridgehead atoms. The minimum absolute atomic E-state index is 0.114. The van der Waals surface area contributed by atoms with E-state index in [-0.39, 0.29) is 17.3 Å². The summed E-state index contributed by atoms with van der Waals surface area (Å²) in [6.45, 7) is 1.89. The first-order valence-electron chi connectivity index (χ1n) is 5.70. The van der Waals surface area contributed by atoms with Gasteiger partial charge in [0.25, 0.3) is 5.69 Å². The van der Waals surface area contributed by atoms with Crippen LogP contribution in [0.3, 0.4) is 0 Å². The molecule has 2 aromatic rings. The number of hydrogen-bond donors (Lipinski definition) is 1. The number of nitro groups is 1. The monoisotopic (exact) mass is 307 g/mol. The maximum Gasteiger partial charge on any atom is 0.293 e. The van der Waals surface area contributed by atoms with Crippen molar-refractivity contribution in [2.24, 2.45) is 0 Å². The van der Waals surface area contributed by atoms with Crippen LogP contribution in [0, 0.1) is 21.4 Å². The number of thiophene rings is 1. The van der Waals surface area contributed by atoms with Crippen LogP contribution in [0.2, 0.25) is 4.34 Å². The number of nitro benzene ring substituents is 1. The summed E-state index contributed by atoms with van der Waals surface area (Å²) in [4.78, 5) is 10.5. The Kier molecular flexibility index (Phi) is 4.23. The van der Waals surface area contributed by atoms with Gasteiger partial charge in [-0.25, -0.2) is 0 Å². The van der Waals surface area contributed by atoms with Crippen LogP contribution in [0.4, 0.5) is 11.4 Å². The molecule has 0 saturated carbocycles. The van der Waals surface area contributed by atoms with E-state index in [1.807, 2.05) is 24.4 Å². The molecule has 1 aromatic heterocycles. The maximum atomic E-state index is 11.0. The van der Waals surface area contributed by atoms with Crippen molar-refractivity contribution in [2.45, 2.75) is 13.0 Å². The van der Waals surface area contributed by atoms with E-state index in [4.69, 9.17) is 16.9 Å². The van der Waals surface area contributed by atoms with Crippen LogP contribution >= 0.6 is 22.9 Å². The summed E-state index contributed by atoms with van der Waals surface area (Å²) in [5, 5.41) is 24.8. The predicted octanol–water partition coefficient (Wildman–Crippen LogP) is 4.35. The normalized spacial score (nSPS) is 11.7. The van der Waals surface area contributed by atoms with Crippen molar-refractivity contribution in [1.82, 2.24) is 0 Å². The fourth-order valence-electron chi connectivity index (χ4n) is 1.74. The second-order valence-electron chi connectivity index (χ2n) is 4.15. The third-order valence-electron chi connectivity index (χ3n) is 2.78. The van der Waals surface area contributed by atoms with E-state index < -0.39 is 4.92 Å². The molecule has 0 aliphatic carbocycles.